The Hall–Kier alpha value is -0.780. The first-order valence-corrected chi connectivity index (χ1v) is 5.11. The number of halogens is 3. The molecule has 0 bridgehead atoms. The van der Waals surface area contributed by atoms with E-state index in [2.05, 4.69) is 0 Å². The molecule has 0 aliphatic carbocycles. The van der Waals surface area contributed by atoms with Crippen molar-refractivity contribution < 1.29 is 23.1 Å². The normalized spacial score (nSPS) is 13.2. The summed E-state index contributed by atoms with van der Waals surface area (Å²) in [5.41, 5.74) is -0.987. The first-order valence-electron chi connectivity index (χ1n) is 5.11. The van der Waals surface area contributed by atoms with Crippen molar-refractivity contribution in [2.24, 2.45) is 5.41 Å². The zero-order valence-electron chi connectivity index (χ0n) is 9.76. The highest BCUT2D eigenvalue weighted by Crippen LogP contribution is 2.22. The minimum Gasteiger partial charge on any atom is -0.481 e. The number of rotatable bonds is 6. The van der Waals surface area contributed by atoms with Crippen LogP contribution < -0.4 is 0 Å². The highest BCUT2D eigenvalue weighted by atomic mass is 19.4. The molecule has 0 amide bonds. The fraction of sp³-hybridized carbons (Fsp3) is 0.900. The molecule has 0 aromatic carbocycles. The van der Waals surface area contributed by atoms with Crippen molar-refractivity contribution in [3.63, 3.8) is 0 Å². The van der Waals surface area contributed by atoms with Gasteiger partial charge in [-0.05, 0) is 33.4 Å². The summed E-state index contributed by atoms with van der Waals surface area (Å²) in [5.74, 6) is -0.990. The Morgan fingerprint density at radius 1 is 1.31 bits per heavy atom. The average Bonchev–Trinajstić information content (AvgIpc) is 2.10. The van der Waals surface area contributed by atoms with Crippen molar-refractivity contribution in [3.8, 4) is 0 Å². The third-order valence-electron chi connectivity index (χ3n) is 2.48. The molecule has 1 N–H and O–H groups in total. The maximum atomic E-state index is 12.1. The summed E-state index contributed by atoms with van der Waals surface area (Å²) in [7, 11) is 0. The predicted octanol–water partition coefficient (Wildman–Crippen LogP) is 2.37. The van der Waals surface area contributed by atoms with Crippen molar-refractivity contribution in [1.82, 2.24) is 4.90 Å². The van der Waals surface area contributed by atoms with Gasteiger partial charge < -0.3 is 5.11 Å². The number of aliphatic carboxylic acids is 1. The van der Waals surface area contributed by atoms with E-state index < -0.39 is 24.1 Å². The molecule has 0 aromatic rings. The summed E-state index contributed by atoms with van der Waals surface area (Å²) in [6, 6.07) is 0. The van der Waals surface area contributed by atoms with Crippen LogP contribution in [0.4, 0.5) is 13.2 Å². The number of nitrogens with zero attached hydrogens (tertiary/aromatic N) is 1. The highest BCUT2D eigenvalue weighted by molar-refractivity contribution is 5.73. The van der Waals surface area contributed by atoms with Crippen LogP contribution in [0.3, 0.4) is 0 Å². The van der Waals surface area contributed by atoms with Crippen molar-refractivity contribution in [2.75, 3.05) is 19.6 Å². The van der Waals surface area contributed by atoms with Crippen LogP contribution in [0, 0.1) is 5.41 Å². The Balaban J connectivity index is 4.21. The third kappa shape index (κ3) is 5.95. The topological polar surface area (TPSA) is 40.5 Å². The van der Waals surface area contributed by atoms with Crippen molar-refractivity contribution in [2.45, 2.75) is 33.4 Å². The first-order chi connectivity index (χ1) is 7.08. The molecule has 0 heterocycles. The van der Waals surface area contributed by atoms with Crippen LogP contribution in [0.5, 0.6) is 0 Å². The molecule has 0 atom stereocenters. The molecular weight excluding hydrogens is 223 g/mol. The Kier molecular flexibility index (Phi) is 5.25. The van der Waals surface area contributed by atoms with Gasteiger partial charge in [0.05, 0.1) is 12.0 Å². The predicted molar refractivity (Wildman–Crippen MR) is 54.2 cm³/mol. The van der Waals surface area contributed by atoms with Gasteiger partial charge in [0.2, 0.25) is 0 Å². The molecule has 0 saturated heterocycles. The summed E-state index contributed by atoms with van der Waals surface area (Å²) in [6.07, 6.45) is -4.03. The summed E-state index contributed by atoms with van der Waals surface area (Å²) in [5, 5.41) is 8.82. The van der Waals surface area contributed by atoms with Gasteiger partial charge in [-0.25, -0.2) is 0 Å². The van der Waals surface area contributed by atoms with Gasteiger partial charge in [0, 0.05) is 0 Å². The second kappa shape index (κ2) is 5.52. The number of alkyl halides is 3. The summed E-state index contributed by atoms with van der Waals surface area (Å²) < 4.78 is 36.3. The van der Waals surface area contributed by atoms with Gasteiger partial charge in [-0.15, -0.1) is 0 Å². The molecule has 0 unspecified atom stereocenters. The molecule has 0 fully saturated rings. The Labute approximate surface area is 93.2 Å². The van der Waals surface area contributed by atoms with Gasteiger partial charge in [0.1, 0.15) is 0 Å². The minimum atomic E-state index is -4.23. The van der Waals surface area contributed by atoms with Gasteiger partial charge in [-0.3, -0.25) is 9.69 Å². The van der Waals surface area contributed by atoms with Crippen LogP contribution in [-0.2, 0) is 4.79 Å². The molecule has 3 nitrogen and oxygen atoms in total. The van der Waals surface area contributed by atoms with E-state index >= 15 is 0 Å². The Morgan fingerprint density at radius 2 is 1.81 bits per heavy atom. The van der Waals surface area contributed by atoms with Crippen LogP contribution in [0.1, 0.15) is 27.2 Å². The maximum absolute atomic E-state index is 12.1. The van der Waals surface area contributed by atoms with E-state index in [0.29, 0.717) is 0 Å². The maximum Gasteiger partial charge on any atom is 0.401 e. The first kappa shape index (κ1) is 15.2. The number of carboxylic acids is 1. The molecular formula is C10H18F3NO2. The fourth-order valence-corrected chi connectivity index (χ4v) is 1.15. The van der Waals surface area contributed by atoms with E-state index in [4.69, 9.17) is 5.11 Å². The van der Waals surface area contributed by atoms with Crippen LogP contribution in [0.15, 0.2) is 0 Å². The second-order valence-corrected chi connectivity index (χ2v) is 4.42. The standard InChI is InChI=1S/C10H18F3NO2/c1-4-14(7-10(11,12)13)6-5-9(2,3)8(15)16/h4-7H2,1-3H3,(H,15,16). The molecule has 0 spiro atoms. The smallest absolute Gasteiger partial charge is 0.401 e. The van der Waals surface area contributed by atoms with Gasteiger partial charge in [-0.1, -0.05) is 6.92 Å². The van der Waals surface area contributed by atoms with E-state index in [1.807, 2.05) is 0 Å². The number of hydrogen-bond acceptors (Lipinski definition) is 2. The lowest BCUT2D eigenvalue weighted by Crippen LogP contribution is -2.37. The van der Waals surface area contributed by atoms with Gasteiger partial charge in [-0.2, -0.15) is 13.2 Å². The van der Waals surface area contributed by atoms with E-state index in [1.165, 1.54) is 18.7 Å². The summed E-state index contributed by atoms with van der Waals surface area (Å²) in [4.78, 5) is 12.0. The molecule has 16 heavy (non-hydrogen) atoms. The monoisotopic (exact) mass is 241 g/mol. The largest absolute Gasteiger partial charge is 0.481 e. The summed E-state index contributed by atoms with van der Waals surface area (Å²) in [6.45, 7) is 4.05. The zero-order chi connectivity index (χ0) is 13.0. The van der Waals surface area contributed by atoms with Crippen LogP contribution in [0.25, 0.3) is 0 Å². The minimum absolute atomic E-state index is 0.134. The molecule has 0 aliphatic heterocycles. The number of carbonyl (C=O) groups is 1. The lowest BCUT2D eigenvalue weighted by Gasteiger charge is -2.26. The quantitative estimate of drug-likeness (QED) is 0.776. The van der Waals surface area contributed by atoms with Crippen LogP contribution in [-0.4, -0.2) is 41.8 Å². The van der Waals surface area contributed by atoms with Crippen molar-refractivity contribution >= 4 is 5.97 Å². The fourth-order valence-electron chi connectivity index (χ4n) is 1.15. The van der Waals surface area contributed by atoms with Crippen molar-refractivity contribution in [1.29, 1.82) is 0 Å². The molecule has 0 saturated carbocycles. The zero-order valence-corrected chi connectivity index (χ0v) is 9.76. The second-order valence-electron chi connectivity index (χ2n) is 4.42. The van der Waals surface area contributed by atoms with Gasteiger partial charge in [0.25, 0.3) is 0 Å². The van der Waals surface area contributed by atoms with E-state index in [0.717, 1.165) is 0 Å². The van der Waals surface area contributed by atoms with Gasteiger partial charge >= 0.3 is 12.1 Å². The van der Waals surface area contributed by atoms with Gasteiger partial charge in [0.15, 0.2) is 0 Å². The van der Waals surface area contributed by atoms with Crippen LogP contribution >= 0.6 is 0 Å². The van der Waals surface area contributed by atoms with E-state index in [-0.39, 0.29) is 19.5 Å². The lowest BCUT2D eigenvalue weighted by atomic mass is 9.89. The molecule has 96 valence electrons. The van der Waals surface area contributed by atoms with E-state index in [1.54, 1.807) is 6.92 Å². The molecule has 0 aliphatic rings. The molecule has 6 heteroatoms. The number of carboxylic acid groups (broad SMARTS) is 1. The SMILES string of the molecule is CCN(CCC(C)(C)C(=O)O)CC(F)(F)F. The summed E-state index contributed by atoms with van der Waals surface area (Å²) >= 11 is 0. The highest BCUT2D eigenvalue weighted by Gasteiger charge is 2.32. The third-order valence-corrected chi connectivity index (χ3v) is 2.48. The molecule has 0 radical (unpaired) electrons. The Bertz CT molecular complexity index is 239. The number of hydrogen-bond donors (Lipinski definition) is 1. The lowest BCUT2D eigenvalue weighted by molar-refractivity contribution is -0.150. The molecule has 0 rings (SSSR count). The Morgan fingerprint density at radius 3 is 2.12 bits per heavy atom. The molecule has 0 aromatic heterocycles. The van der Waals surface area contributed by atoms with Crippen molar-refractivity contribution in [3.05, 3.63) is 0 Å². The van der Waals surface area contributed by atoms with E-state index in [9.17, 15) is 18.0 Å². The average molecular weight is 241 g/mol. The van der Waals surface area contributed by atoms with Crippen LogP contribution in [0.2, 0.25) is 0 Å².